The minimum atomic E-state index is -0.525. The molecule has 0 saturated carbocycles. The van der Waals surface area contributed by atoms with Gasteiger partial charge in [-0.15, -0.1) is 0 Å². The van der Waals surface area contributed by atoms with E-state index in [9.17, 15) is 14.0 Å². The van der Waals surface area contributed by atoms with Crippen LogP contribution in [0, 0.1) is 11.7 Å². The highest BCUT2D eigenvalue weighted by atomic mass is 19.1. The quantitative estimate of drug-likeness (QED) is 0.550. The van der Waals surface area contributed by atoms with E-state index in [0.29, 0.717) is 45.0 Å². The van der Waals surface area contributed by atoms with Gasteiger partial charge in [0.15, 0.2) is 0 Å². The topological polar surface area (TPSA) is 103 Å². The Morgan fingerprint density at radius 3 is 2.48 bits per heavy atom. The molecule has 8 nitrogen and oxygen atoms in total. The molecule has 0 aliphatic carbocycles. The van der Waals surface area contributed by atoms with E-state index in [-0.39, 0.29) is 23.2 Å². The molecular formula is C20H29FN4O4. The number of nitrogen functional groups attached to an aromatic ring is 1. The molecular weight excluding hydrogens is 379 g/mol. The molecule has 2 rings (SSSR count). The molecule has 29 heavy (non-hydrogen) atoms. The van der Waals surface area contributed by atoms with Crippen molar-refractivity contribution in [3.05, 3.63) is 50.9 Å². The summed E-state index contributed by atoms with van der Waals surface area (Å²) in [5.41, 5.74) is 5.42. The van der Waals surface area contributed by atoms with Crippen LogP contribution in [0.4, 0.5) is 15.9 Å². The molecule has 160 valence electrons. The third kappa shape index (κ3) is 6.35. The average Bonchev–Trinajstić information content (AvgIpc) is 2.67. The summed E-state index contributed by atoms with van der Waals surface area (Å²) in [6.45, 7) is 6.00. The second-order valence-electron chi connectivity index (χ2n) is 7.13. The average molecular weight is 408 g/mol. The third-order valence-electron chi connectivity index (χ3n) is 4.30. The van der Waals surface area contributed by atoms with E-state index in [4.69, 9.17) is 15.2 Å². The highest BCUT2D eigenvalue weighted by Crippen LogP contribution is 2.18. The van der Waals surface area contributed by atoms with Crippen LogP contribution in [0.1, 0.15) is 20.3 Å². The van der Waals surface area contributed by atoms with E-state index >= 15 is 0 Å². The molecule has 0 aliphatic heterocycles. The molecule has 9 heteroatoms. The normalized spacial score (nSPS) is 11.1. The SMILES string of the molecule is COCCN(CCCOc1ccc(F)cc1)c1c(N)n(CC(C)C)c(=O)[nH]c1=O. The van der Waals surface area contributed by atoms with Crippen molar-refractivity contribution >= 4 is 11.5 Å². The Balaban J connectivity index is 2.15. The number of nitrogens with one attached hydrogen (secondary N) is 1. The Labute approximate surface area is 169 Å². The van der Waals surface area contributed by atoms with E-state index < -0.39 is 11.2 Å². The zero-order valence-corrected chi connectivity index (χ0v) is 17.1. The monoisotopic (exact) mass is 408 g/mol. The molecule has 0 radical (unpaired) electrons. The first-order valence-corrected chi connectivity index (χ1v) is 9.58. The molecule has 1 heterocycles. The summed E-state index contributed by atoms with van der Waals surface area (Å²) < 4.78 is 25.1. The summed E-state index contributed by atoms with van der Waals surface area (Å²) in [6.07, 6.45) is 0.587. The highest BCUT2D eigenvalue weighted by Gasteiger charge is 2.19. The number of aromatic amines is 1. The van der Waals surface area contributed by atoms with Gasteiger partial charge in [-0.25, -0.2) is 9.18 Å². The van der Waals surface area contributed by atoms with E-state index in [1.807, 2.05) is 13.8 Å². The predicted octanol–water partition coefficient (Wildman–Crippen LogP) is 1.84. The predicted molar refractivity (Wildman–Crippen MR) is 111 cm³/mol. The maximum absolute atomic E-state index is 13.0. The van der Waals surface area contributed by atoms with Crippen molar-refractivity contribution in [3.8, 4) is 5.75 Å². The first-order valence-electron chi connectivity index (χ1n) is 9.58. The van der Waals surface area contributed by atoms with E-state index in [1.54, 1.807) is 24.1 Å². The summed E-state index contributed by atoms with van der Waals surface area (Å²) in [5.74, 6) is 0.570. The van der Waals surface area contributed by atoms with Crippen LogP contribution in [0.15, 0.2) is 33.9 Å². The molecule has 3 N–H and O–H groups in total. The molecule has 0 fully saturated rings. The van der Waals surface area contributed by atoms with Gasteiger partial charge in [0.2, 0.25) is 0 Å². The third-order valence-corrected chi connectivity index (χ3v) is 4.30. The highest BCUT2D eigenvalue weighted by molar-refractivity contribution is 5.62. The fourth-order valence-electron chi connectivity index (χ4n) is 2.94. The standard InChI is InChI=1S/C20H29FN4O4/c1-14(2)13-25-18(22)17(19(26)23-20(25)27)24(10-12-28-3)9-4-11-29-16-7-5-15(21)6-8-16/h5-8,14H,4,9-13,22H2,1-3H3,(H,23,26,27). The zero-order chi connectivity index (χ0) is 21.4. The minimum Gasteiger partial charge on any atom is -0.494 e. The van der Waals surface area contributed by atoms with Gasteiger partial charge < -0.3 is 20.1 Å². The van der Waals surface area contributed by atoms with Crippen LogP contribution in [0.25, 0.3) is 0 Å². The molecule has 2 aromatic rings. The number of hydrogen-bond acceptors (Lipinski definition) is 6. The summed E-state index contributed by atoms with van der Waals surface area (Å²) in [4.78, 5) is 28.8. The van der Waals surface area contributed by atoms with Crippen LogP contribution >= 0.6 is 0 Å². The molecule has 1 aromatic heterocycles. The Morgan fingerprint density at radius 2 is 1.86 bits per heavy atom. The number of ether oxygens (including phenoxy) is 2. The van der Waals surface area contributed by atoms with Gasteiger partial charge in [0, 0.05) is 26.7 Å². The van der Waals surface area contributed by atoms with Gasteiger partial charge in [-0.2, -0.15) is 0 Å². The van der Waals surface area contributed by atoms with Crippen LogP contribution in [0.3, 0.4) is 0 Å². The largest absolute Gasteiger partial charge is 0.494 e. The van der Waals surface area contributed by atoms with E-state index in [2.05, 4.69) is 4.98 Å². The van der Waals surface area contributed by atoms with Crippen LogP contribution in [-0.2, 0) is 11.3 Å². The van der Waals surface area contributed by atoms with Crippen LogP contribution in [0.2, 0.25) is 0 Å². The molecule has 0 spiro atoms. The fourth-order valence-corrected chi connectivity index (χ4v) is 2.94. The summed E-state index contributed by atoms with van der Waals surface area (Å²) in [5, 5.41) is 0. The van der Waals surface area contributed by atoms with Crippen molar-refractivity contribution < 1.29 is 13.9 Å². The molecule has 0 atom stereocenters. The number of H-pyrrole nitrogens is 1. The van der Waals surface area contributed by atoms with Gasteiger partial charge in [-0.05, 0) is 36.6 Å². The summed E-state index contributed by atoms with van der Waals surface area (Å²) in [7, 11) is 1.57. The smallest absolute Gasteiger partial charge is 0.330 e. The maximum Gasteiger partial charge on any atom is 0.330 e. The molecule has 0 amide bonds. The van der Waals surface area contributed by atoms with Gasteiger partial charge in [0.25, 0.3) is 5.56 Å². The van der Waals surface area contributed by atoms with Crippen molar-refractivity contribution in [2.45, 2.75) is 26.8 Å². The molecule has 0 saturated heterocycles. The number of benzene rings is 1. The van der Waals surface area contributed by atoms with Crippen molar-refractivity contribution in [1.29, 1.82) is 0 Å². The van der Waals surface area contributed by atoms with Gasteiger partial charge in [0.1, 0.15) is 23.1 Å². The van der Waals surface area contributed by atoms with Gasteiger partial charge in [0.05, 0.1) is 13.2 Å². The molecule has 0 aliphatic rings. The van der Waals surface area contributed by atoms with Crippen molar-refractivity contribution in [3.63, 3.8) is 0 Å². The fraction of sp³-hybridized carbons (Fsp3) is 0.500. The maximum atomic E-state index is 13.0. The Bertz CT molecular complexity index is 893. The number of nitrogens with two attached hydrogens (primary N) is 1. The lowest BCUT2D eigenvalue weighted by Crippen LogP contribution is -2.40. The van der Waals surface area contributed by atoms with Gasteiger partial charge >= 0.3 is 5.69 Å². The summed E-state index contributed by atoms with van der Waals surface area (Å²) >= 11 is 0. The van der Waals surface area contributed by atoms with Crippen molar-refractivity contribution in [2.75, 3.05) is 44.0 Å². The number of hydrogen-bond donors (Lipinski definition) is 2. The lowest BCUT2D eigenvalue weighted by Gasteiger charge is -2.26. The molecule has 0 unspecified atom stereocenters. The first kappa shape index (κ1) is 22.5. The second-order valence-corrected chi connectivity index (χ2v) is 7.13. The molecule has 1 aromatic carbocycles. The number of halogens is 1. The minimum absolute atomic E-state index is 0.142. The number of rotatable bonds is 11. The Morgan fingerprint density at radius 1 is 1.17 bits per heavy atom. The number of nitrogens with zero attached hydrogens (tertiary/aromatic N) is 2. The van der Waals surface area contributed by atoms with Crippen LogP contribution in [-0.4, -0.2) is 43.0 Å². The van der Waals surface area contributed by atoms with Crippen molar-refractivity contribution in [2.24, 2.45) is 5.92 Å². The van der Waals surface area contributed by atoms with E-state index in [1.165, 1.54) is 16.7 Å². The van der Waals surface area contributed by atoms with Crippen LogP contribution in [0.5, 0.6) is 5.75 Å². The second kappa shape index (κ2) is 10.7. The summed E-state index contributed by atoms with van der Waals surface area (Å²) in [6, 6.07) is 5.78. The number of anilines is 2. The van der Waals surface area contributed by atoms with Crippen molar-refractivity contribution in [1.82, 2.24) is 9.55 Å². The van der Waals surface area contributed by atoms with Crippen LogP contribution < -0.4 is 26.6 Å². The van der Waals surface area contributed by atoms with E-state index in [0.717, 1.165) is 0 Å². The lowest BCUT2D eigenvalue weighted by molar-refractivity contribution is 0.204. The lowest BCUT2D eigenvalue weighted by atomic mass is 10.2. The molecule has 0 bridgehead atoms. The van der Waals surface area contributed by atoms with Gasteiger partial charge in [-0.1, -0.05) is 13.8 Å². The first-order chi connectivity index (χ1) is 13.8. The Kier molecular flexibility index (Phi) is 8.26. The number of methoxy groups -OCH3 is 1. The zero-order valence-electron chi connectivity index (χ0n) is 17.1. The number of aromatic nitrogens is 2. The van der Waals surface area contributed by atoms with Gasteiger partial charge in [-0.3, -0.25) is 14.3 Å². The Hall–Kier alpha value is -2.81.